The van der Waals surface area contributed by atoms with Gasteiger partial charge in [-0.2, -0.15) is 5.10 Å². The molecule has 2 amide bonds. The van der Waals surface area contributed by atoms with Crippen molar-refractivity contribution in [1.29, 1.82) is 0 Å². The molecule has 36 heavy (non-hydrogen) atoms. The third kappa shape index (κ3) is 3.74. The zero-order valence-electron chi connectivity index (χ0n) is 21.0. The second-order valence-electron chi connectivity index (χ2n) is 9.66. The van der Waals surface area contributed by atoms with Gasteiger partial charge in [-0.25, -0.2) is 14.5 Å². The maximum Gasteiger partial charge on any atom is 0.328 e. The molecule has 3 heterocycles. The van der Waals surface area contributed by atoms with Crippen molar-refractivity contribution >= 4 is 35.0 Å². The minimum Gasteiger partial charge on any atom is -0.493 e. The van der Waals surface area contributed by atoms with Crippen molar-refractivity contribution in [2.75, 3.05) is 26.2 Å². The van der Waals surface area contributed by atoms with Gasteiger partial charge in [0.05, 0.1) is 33.1 Å². The molecule has 1 saturated heterocycles. The highest BCUT2D eigenvalue weighted by Gasteiger charge is 2.48. The number of benzene rings is 2. The molecule has 1 fully saturated rings. The standard InChI is InChI=1S/C26H28ClN5O4/c1-26(2,3)32-24-17(13-28-32)20(14-11-18(34-4)22(36-6)19(12-14)35-5)21-23(29-24)30-25(33)31(21)16-9-7-15(27)8-10-16/h7-13,20-21H,1-6H3,(H,29,30,33)/t20-,21+/m0/s1. The van der Waals surface area contributed by atoms with Crippen molar-refractivity contribution in [3.05, 3.63) is 58.7 Å². The van der Waals surface area contributed by atoms with Crippen LogP contribution in [0.5, 0.6) is 17.2 Å². The van der Waals surface area contributed by atoms with E-state index in [-0.39, 0.29) is 17.5 Å². The normalized spacial score (nSPS) is 18.8. The van der Waals surface area contributed by atoms with Crippen LogP contribution < -0.4 is 24.4 Å². The van der Waals surface area contributed by atoms with E-state index in [1.807, 2.05) is 35.1 Å². The number of amidine groups is 1. The molecule has 2 aliphatic rings. The fourth-order valence-corrected chi connectivity index (χ4v) is 5.00. The van der Waals surface area contributed by atoms with Gasteiger partial charge in [0.1, 0.15) is 11.9 Å². The first-order valence-corrected chi connectivity index (χ1v) is 11.9. The molecule has 0 bridgehead atoms. The minimum atomic E-state index is -0.452. The first-order valence-electron chi connectivity index (χ1n) is 11.5. The number of aromatic nitrogens is 2. The Labute approximate surface area is 214 Å². The Morgan fingerprint density at radius 2 is 1.64 bits per heavy atom. The van der Waals surface area contributed by atoms with E-state index in [2.05, 4.69) is 26.1 Å². The molecule has 0 unspecified atom stereocenters. The number of amides is 2. The van der Waals surface area contributed by atoms with Gasteiger partial charge in [0.15, 0.2) is 17.3 Å². The quantitative estimate of drug-likeness (QED) is 0.517. The summed E-state index contributed by atoms with van der Waals surface area (Å²) in [6.45, 7) is 6.19. The summed E-state index contributed by atoms with van der Waals surface area (Å²) in [5.41, 5.74) is 2.15. The number of halogens is 1. The molecular weight excluding hydrogens is 482 g/mol. The molecule has 0 spiro atoms. The van der Waals surface area contributed by atoms with E-state index in [9.17, 15) is 4.79 Å². The van der Waals surface area contributed by atoms with Gasteiger partial charge in [-0.15, -0.1) is 0 Å². The molecule has 2 aliphatic heterocycles. The molecule has 2 atom stereocenters. The highest BCUT2D eigenvalue weighted by molar-refractivity contribution is 6.30. The summed E-state index contributed by atoms with van der Waals surface area (Å²) in [6, 6.07) is 10.3. The monoisotopic (exact) mass is 509 g/mol. The SMILES string of the molecule is COc1cc([C@H]2c3cnn(C(C)(C)C)c3N=C3NC(=O)N(c4ccc(Cl)cc4)[C@@H]32)cc(OC)c1OC. The molecule has 9 nitrogen and oxygen atoms in total. The molecule has 10 heteroatoms. The van der Waals surface area contributed by atoms with Crippen LogP contribution in [0.3, 0.4) is 0 Å². The van der Waals surface area contributed by atoms with Gasteiger partial charge >= 0.3 is 6.03 Å². The van der Waals surface area contributed by atoms with Crippen molar-refractivity contribution in [3.8, 4) is 17.2 Å². The number of anilines is 1. The molecular formula is C26H28ClN5O4. The van der Waals surface area contributed by atoms with E-state index in [0.29, 0.717) is 39.6 Å². The van der Waals surface area contributed by atoms with Crippen LogP contribution in [-0.2, 0) is 5.54 Å². The van der Waals surface area contributed by atoms with Crippen LogP contribution in [0.1, 0.15) is 37.8 Å². The number of hydrogen-bond acceptors (Lipinski definition) is 6. The molecule has 0 radical (unpaired) electrons. The number of nitrogens with zero attached hydrogens (tertiary/aromatic N) is 4. The fraction of sp³-hybridized carbons (Fsp3) is 0.346. The fourth-order valence-electron chi connectivity index (χ4n) is 4.88. The maximum absolute atomic E-state index is 13.3. The lowest BCUT2D eigenvalue weighted by Crippen LogP contribution is -2.42. The molecule has 0 saturated carbocycles. The third-order valence-electron chi connectivity index (χ3n) is 6.45. The van der Waals surface area contributed by atoms with Gasteiger partial charge in [-0.05, 0) is 62.7 Å². The molecule has 1 aromatic heterocycles. The van der Waals surface area contributed by atoms with E-state index in [1.165, 1.54) is 0 Å². The van der Waals surface area contributed by atoms with E-state index in [4.69, 9.17) is 35.9 Å². The van der Waals surface area contributed by atoms with Crippen LogP contribution in [0.2, 0.25) is 5.02 Å². The summed E-state index contributed by atoms with van der Waals surface area (Å²) in [7, 11) is 4.73. The predicted octanol–water partition coefficient (Wildman–Crippen LogP) is 5.09. The van der Waals surface area contributed by atoms with Crippen LogP contribution >= 0.6 is 11.6 Å². The molecule has 2 aromatic carbocycles. The third-order valence-corrected chi connectivity index (χ3v) is 6.70. The maximum atomic E-state index is 13.3. The topological polar surface area (TPSA) is 90.2 Å². The van der Waals surface area contributed by atoms with Crippen molar-refractivity contribution in [2.24, 2.45) is 4.99 Å². The van der Waals surface area contributed by atoms with Crippen LogP contribution in [0.15, 0.2) is 47.6 Å². The first-order chi connectivity index (χ1) is 17.2. The van der Waals surface area contributed by atoms with Gasteiger partial charge in [0.25, 0.3) is 0 Å². The Kier molecular flexibility index (Phi) is 5.83. The summed E-state index contributed by atoms with van der Waals surface area (Å²) >= 11 is 6.13. The number of aliphatic imine (C=N–C) groups is 1. The van der Waals surface area contributed by atoms with Gasteiger partial charge < -0.3 is 14.2 Å². The lowest BCUT2D eigenvalue weighted by molar-refractivity contribution is 0.252. The highest BCUT2D eigenvalue weighted by Crippen LogP contribution is 2.48. The number of carbonyl (C=O) groups is 1. The van der Waals surface area contributed by atoms with E-state index in [0.717, 1.165) is 11.1 Å². The summed E-state index contributed by atoms with van der Waals surface area (Å²) in [4.78, 5) is 19.9. The van der Waals surface area contributed by atoms with Gasteiger partial charge in [-0.3, -0.25) is 10.2 Å². The zero-order valence-corrected chi connectivity index (χ0v) is 21.8. The Morgan fingerprint density at radius 3 is 2.19 bits per heavy atom. The second kappa shape index (κ2) is 8.74. The average Bonchev–Trinajstić information content (AvgIpc) is 3.42. The number of nitrogens with one attached hydrogen (secondary N) is 1. The van der Waals surface area contributed by atoms with Gasteiger partial charge in [0.2, 0.25) is 5.75 Å². The van der Waals surface area contributed by atoms with Crippen molar-refractivity contribution < 1.29 is 19.0 Å². The zero-order chi connectivity index (χ0) is 25.8. The number of fused-ring (bicyclic) bond motifs is 2. The highest BCUT2D eigenvalue weighted by atomic mass is 35.5. The molecule has 0 aliphatic carbocycles. The number of hydrogen-bond donors (Lipinski definition) is 1. The first kappa shape index (κ1) is 24.0. The second-order valence-corrected chi connectivity index (χ2v) is 10.1. The van der Waals surface area contributed by atoms with Crippen molar-refractivity contribution in [1.82, 2.24) is 15.1 Å². The average molecular weight is 510 g/mol. The van der Waals surface area contributed by atoms with E-state index >= 15 is 0 Å². The Bertz CT molecular complexity index is 1330. The summed E-state index contributed by atoms with van der Waals surface area (Å²) in [5.74, 6) is 2.46. The Hall–Kier alpha value is -3.72. The Morgan fingerprint density at radius 1 is 1.00 bits per heavy atom. The van der Waals surface area contributed by atoms with Gasteiger partial charge in [0, 0.05) is 22.2 Å². The van der Waals surface area contributed by atoms with Crippen LogP contribution in [0.25, 0.3) is 0 Å². The van der Waals surface area contributed by atoms with Crippen LogP contribution in [0.4, 0.5) is 16.3 Å². The molecule has 188 valence electrons. The summed E-state index contributed by atoms with van der Waals surface area (Å²) in [6.07, 6.45) is 1.83. The number of rotatable bonds is 5. The van der Waals surface area contributed by atoms with E-state index < -0.39 is 6.04 Å². The lowest BCUT2D eigenvalue weighted by atomic mass is 9.83. The van der Waals surface area contributed by atoms with Crippen LogP contribution in [-0.4, -0.2) is 49.0 Å². The number of carbonyl (C=O) groups excluding carboxylic acids is 1. The number of urea groups is 1. The summed E-state index contributed by atoms with van der Waals surface area (Å²) in [5, 5.41) is 8.27. The van der Waals surface area contributed by atoms with Crippen molar-refractivity contribution in [2.45, 2.75) is 38.3 Å². The number of methoxy groups -OCH3 is 3. The number of ether oxygens (including phenoxy) is 3. The van der Waals surface area contributed by atoms with Crippen LogP contribution in [0, 0.1) is 0 Å². The van der Waals surface area contributed by atoms with Gasteiger partial charge in [-0.1, -0.05) is 11.6 Å². The molecule has 3 aromatic rings. The largest absolute Gasteiger partial charge is 0.493 e. The Balaban J connectivity index is 1.76. The predicted molar refractivity (Wildman–Crippen MR) is 139 cm³/mol. The molecule has 1 N–H and O–H groups in total. The minimum absolute atomic E-state index is 0.265. The lowest BCUT2D eigenvalue weighted by Gasteiger charge is -2.34. The van der Waals surface area contributed by atoms with E-state index in [1.54, 1.807) is 38.4 Å². The summed E-state index contributed by atoms with van der Waals surface area (Å²) < 4.78 is 18.7. The molecule has 5 rings (SSSR count). The smallest absolute Gasteiger partial charge is 0.328 e. The van der Waals surface area contributed by atoms with Crippen molar-refractivity contribution in [3.63, 3.8) is 0 Å².